The van der Waals surface area contributed by atoms with Crippen LogP contribution in [0.1, 0.15) is 39.5 Å². The fraction of sp³-hybridized carbons (Fsp3) is 0.600. The quantitative estimate of drug-likeness (QED) is 0.735. The Bertz CT molecular complexity index is 296. The second kappa shape index (κ2) is 5.38. The molecule has 0 aromatic heterocycles. The van der Waals surface area contributed by atoms with Gasteiger partial charge in [-0.1, -0.05) is 32.0 Å². The molecule has 1 aliphatic rings. The zero-order chi connectivity index (χ0) is 11.4. The van der Waals surface area contributed by atoms with Crippen LogP contribution in [0.2, 0.25) is 0 Å². The third kappa shape index (κ3) is 3.01. The monoisotopic (exact) mass is 218 g/mol. The lowest BCUT2D eigenvalue weighted by Gasteiger charge is -2.31. The maximum atomic E-state index is 5.98. The van der Waals surface area contributed by atoms with E-state index in [0.29, 0.717) is 6.10 Å². The lowest BCUT2D eigenvalue weighted by molar-refractivity contribution is 0.117. The van der Waals surface area contributed by atoms with Crippen LogP contribution in [0.3, 0.4) is 0 Å². The van der Waals surface area contributed by atoms with Gasteiger partial charge in [0.25, 0.3) is 0 Å². The zero-order valence-corrected chi connectivity index (χ0v) is 10.4. The van der Waals surface area contributed by atoms with Gasteiger partial charge in [0.1, 0.15) is 5.75 Å². The average molecular weight is 218 g/mol. The molecule has 0 unspecified atom stereocenters. The van der Waals surface area contributed by atoms with Gasteiger partial charge in [-0.05, 0) is 49.7 Å². The van der Waals surface area contributed by atoms with E-state index in [2.05, 4.69) is 26.0 Å². The highest BCUT2D eigenvalue weighted by molar-refractivity contribution is 5.21. The minimum atomic E-state index is 0.442. The summed E-state index contributed by atoms with van der Waals surface area (Å²) in [6.07, 6.45) is 5.54. The van der Waals surface area contributed by atoms with E-state index in [-0.39, 0.29) is 0 Å². The van der Waals surface area contributed by atoms with Gasteiger partial charge in [-0.25, -0.2) is 0 Å². The van der Waals surface area contributed by atoms with Crippen molar-refractivity contribution in [2.24, 2.45) is 11.8 Å². The number of hydrogen-bond donors (Lipinski definition) is 0. The summed E-state index contributed by atoms with van der Waals surface area (Å²) in [6.45, 7) is 4.67. The lowest BCUT2D eigenvalue weighted by Crippen LogP contribution is -2.26. The van der Waals surface area contributed by atoms with Crippen molar-refractivity contribution in [2.45, 2.75) is 45.6 Å². The molecule has 1 aromatic carbocycles. The number of para-hydroxylation sites is 1. The van der Waals surface area contributed by atoms with Gasteiger partial charge in [-0.3, -0.25) is 0 Å². The van der Waals surface area contributed by atoms with Crippen molar-refractivity contribution in [1.82, 2.24) is 0 Å². The lowest BCUT2D eigenvalue weighted by atomic mass is 9.80. The first-order valence-electron chi connectivity index (χ1n) is 6.47. The molecule has 1 aliphatic carbocycles. The second-order valence-electron chi connectivity index (χ2n) is 5.21. The molecule has 1 aromatic rings. The second-order valence-corrected chi connectivity index (χ2v) is 5.21. The SMILES string of the molecule is CC(C)C1CCC(Oc2ccccc2)CC1. The fourth-order valence-electron chi connectivity index (χ4n) is 2.56. The largest absolute Gasteiger partial charge is 0.490 e. The Balaban J connectivity index is 1.82. The molecule has 0 aliphatic heterocycles. The molecule has 0 bridgehead atoms. The number of rotatable bonds is 3. The van der Waals surface area contributed by atoms with E-state index in [4.69, 9.17) is 4.74 Å². The van der Waals surface area contributed by atoms with Crippen molar-refractivity contribution in [1.29, 1.82) is 0 Å². The maximum absolute atomic E-state index is 5.98. The van der Waals surface area contributed by atoms with Crippen LogP contribution < -0.4 is 4.74 Å². The molecule has 1 nitrogen and oxygen atoms in total. The predicted octanol–water partition coefficient (Wildman–Crippen LogP) is 4.28. The van der Waals surface area contributed by atoms with Gasteiger partial charge in [0.2, 0.25) is 0 Å². The van der Waals surface area contributed by atoms with Crippen LogP contribution in [0.15, 0.2) is 30.3 Å². The Kier molecular flexibility index (Phi) is 3.87. The van der Waals surface area contributed by atoms with Crippen molar-refractivity contribution in [3.05, 3.63) is 30.3 Å². The van der Waals surface area contributed by atoms with Gasteiger partial charge in [0.15, 0.2) is 0 Å². The van der Waals surface area contributed by atoms with E-state index in [1.54, 1.807) is 0 Å². The van der Waals surface area contributed by atoms with Gasteiger partial charge in [0.05, 0.1) is 6.10 Å². The highest BCUT2D eigenvalue weighted by atomic mass is 16.5. The normalized spacial score (nSPS) is 25.7. The van der Waals surface area contributed by atoms with Gasteiger partial charge < -0.3 is 4.74 Å². The van der Waals surface area contributed by atoms with Crippen molar-refractivity contribution in [3.8, 4) is 5.75 Å². The summed E-state index contributed by atoms with van der Waals surface area (Å²) in [5.74, 6) is 2.77. The van der Waals surface area contributed by atoms with Crippen molar-refractivity contribution >= 4 is 0 Å². The van der Waals surface area contributed by atoms with Gasteiger partial charge in [0, 0.05) is 0 Å². The standard InChI is InChI=1S/C15H22O/c1-12(2)13-8-10-15(11-9-13)16-14-6-4-3-5-7-14/h3-7,12-13,15H,8-11H2,1-2H3. The minimum absolute atomic E-state index is 0.442. The zero-order valence-electron chi connectivity index (χ0n) is 10.4. The Morgan fingerprint density at radius 2 is 1.62 bits per heavy atom. The number of hydrogen-bond acceptors (Lipinski definition) is 1. The predicted molar refractivity (Wildman–Crippen MR) is 67.7 cm³/mol. The third-order valence-corrected chi connectivity index (χ3v) is 3.71. The van der Waals surface area contributed by atoms with Crippen LogP contribution >= 0.6 is 0 Å². The molecular weight excluding hydrogens is 196 g/mol. The Morgan fingerprint density at radius 3 is 2.19 bits per heavy atom. The van der Waals surface area contributed by atoms with E-state index in [0.717, 1.165) is 17.6 Å². The van der Waals surface area contributed by atoms with Crippen LogP contribution in [0, 0.1) is 11.8 Å². The molecule has 0 spiro atoms. The highest BCUT2D eigenvalue weighted by Crippen LogP contribution is 2.31. The molecule has 88 valence electrons. The van der Waals surface area contributed by atoms with Crippen LogP contribution in [0.4, 0.5) is 0 Å². The summed E-state index contributed by atoms with van der Waals surface area (Å²) in [7, 11) is 0. The summed E-state index contributed by atoms with van der Waals surface area (Å²) in [6, 6.07) is 10.2. The highest BCUT2D eigenvalue weighted by Gasteiger charge is 2.24. The first-order chi connectivity index (χ1) is 7.75. The topological polar surface area (TPSA) is 9.23 Å². The molecule has 0 amide bonds. The maximum Gasteiger partial charge on any atom is 0.119 e. The molecule has 16 heavy (non-hydrogen) atoms. The average Bonchev–Trinajstić information content (AvgIpc) is 2.31. The summed E-state index contributed by atoms with van der Waals surface area (Å²) in [4.78, 5) is 0. The van der Waals surface area contributed by atoms with Crippen molar-refractivity contribution in [2.75, 3.05) is 0 Å². The van der Waals surface area contributed by atoms with E-state index >= 15 is 0 Å². The number of ether oxygens (including phenoxy) is 1. The molecule has 1 saturated carbocycles. The van der Waals surface area contributed by atoms with E-state index in [9.17, 15) is 0 Å². The summed E-state index contributed by atoms with van der Waals surface area (Å²) in [5.41, 5.74) is 0. The smallest absolute Gasteiger partial charge is 0.119 e. The van der Waals surface area contributed by atoms with Gasteiger partial charge in [-0.2, -0.15) is 0 Å². The molecule has 0 saturated heterocycles. The van der Waals surface area contributed by atoms with Crippen molar-refractivity contribution in [3.63, 3.8) is 0 Å². The first-order valence-corrected chi connectivity index (χ1v) is 6.47. The molecule has 0 radical (unpaired) electrons. The summed E-state index contributed by atoms with van der Waals surface area (Å²) in [5, 5.41) is 0. The van der Waals surface area contributed by atoms with E-state index in [1.807, 2.05) is 18.2 Å². The molecule has 1 fully saturated rings. The molecule has 2 rings (SSSR count). The Labute approximate surface area is 98.8 Å². The fourth-order valence-corrected chi connectivity index (χ4v) is 2.56. The number of benzene rings is 1. The van der Waals surface area contributed by atoms with Crippen molar-refractivity contribution < 1.29 is 4.74 Å². The van der Waals surface area contributed by atoms with Crippen LogP contribution in [0.25, 0.3) is 0 Å². The first kappa shape index (κ1) is 11.5. The van der Waals surface area contributed by atoms with Crippen LogP contribution in [0.5, 0.6) is 5.75 Å². The van der Waals surface area contributed by atoms with Gasteiger partial charge >= 0.3 is 0 Å². The molecule has 0 heterocycles. The van der Waals surface area contributed by atoms with Crippen LogP contribution in [-0.2, 0) is 0 Å². The van der Waals surface area contributed by atoms with E-state index < -0.39 is 0 Å². The minimum Gasteiger partial charge on any atom is -0.490 e. The molecular formula is C15H22O. The molecule has 0 atom stereocenters. The van der Waals surface area contributed by atoms with Gasteiger partial charge in [-0.15, -0.1) is 0 Å². The van der Waals surface area contributed by atoms with Crippen LogP contribution in [-0.4, -0.2) is 6.10 Å². The van der Waals surface area contributed by atoms with E-state index in [1.165, 1.54) is 25.7 Å². The third-order valence-electron chi connectivity index (χ3n) is 3.71. The molecule has 0 N–H and O–H groups in total. The summed E-state index contributed by atoms with van der Waals surface area (Å²) >= 11 is 0. The Morgan fingerprint density at radius 1 is 1.00 bits per heavy atom. The molecule has 1 heteroatoms. The Hall–Kier alpha value is -0.980. The summed E-state index contributed by atoms with van der Waals surface area (Å²) < 4.78 is 5.98.